The van der Waals surface area contributed by atoms with Crippen molar-refractivity contribution in [2.45, 2.75) is 37.5 Å². The molecule has 1 saturated heterocycles. The van der Waals surface area contributed by atoms with E-state index >= 15 is 0 Å². The molecule has 0 bridgehead atoms. The van der Waals surface area contributed by atoms with E-state index in [1.165, 1.54) is 16.8 Å². The number of hydrogen-bond acceptors (Lipinski definition) is 3. The predicted molar refractivity (Wildman–Crippen MR) is 124 cm³/mol. The molecule has 3 atom stereocenters. The molecule has 3 aliphatic rings. The van der Waals surface area contributed by atoms with Crippen LogP contribution < -0.4 is 9.64 Å². The Morgan fingerprint density at radius 3 is 2.29 bits per heavy atom. The SMILES string of the molecule is CC1(C)C[C@@]23Oc4ccccc4N2C(c2ccccc2)=C[C@H](c2ccccc2)[C@H]3CO1. The summed E-state index contributed by atoms with van der Waals surface area (Å²) in [6.45, 7) is 5.02. The van der Waals surface area contributed by atoms with Gasteiger partial charge in [0.2, 0.25) is 0 Å². The Morgan fingerprint density at radius 2 is 1.52 bits per heavy atom. The lowest BCUT2D eigenvalue weighted by Crippen LogP contribution is -2.65. The number of para-hydroxylation sites is 2. The van der Waals surface area contributed by atoms with Crippen molar-refractivity contribution in [2.75, 3.05) is 11.5 Å². The van der Waals surface area contributed by atoms with Gasteiger partial charge in [-0.15, -0.1) is 0 Å². The molecule has 3 aliphatic heterocycles. The number of allylic oxidation sites excluding steroid dienone is 1. The van der Waals surface area contributed by atoms with E-state index in [0.29, 0.717) is 6.61 Å². The molecule has 3 heterocycles. The lowest BCUT2D eigenvalue weighted by molar-refractivity contribution is -0.165. The Kier molecular flexibility index (Phi) is 4.06. The molecular weight excluding hydrogens is 382 g/mol. The third kappa shape index (κ3) is 2.84. The standard InChI is InChI=1S/C28H27NO2/c1-27(2)19-28-23(18-30-27)22(20-11-5-3-6-12-20)17-25(21-13-7-4-8-14-21)29(28)24-15-9-10-16-26(24)31-28/h3-17,22-23H,18-19H2,1-2H3/t22-,23-,28+/m1/s1. The van der Waals surface area contributed by atoms with E-state index in [1.54, 1.807) is 0 Å². The first-order valence-electron chi connectivity index (χ1n) is 11.1. The Labute approximate surface area is 183 Å². The molecule has 156 valence electrons. The van der Waals surface area contributed by atoms with Crippen molar-refractivity contribution in [3.63, 3.8) is 0 Å². The van der Waals surface area contributed by atoms with Crippen molar-refractivity contribution in [3.05, 3.63) is 102 Å². The summed E-state index contributed by atoms with van der Waals surface area (Å²) in [6, 6.07) is 30.0. The van der Waals surface area contributed by atoms with Crippen molar-refractivity contribution in [1.29, 1.82) is 0 Å². The van der Waals surface area contributed by atoms with Gasteiger partial charge in [0.1, 0.15) is 5.75 Å². The second-order valence-corrected chi connectivity index (χ2v) is 9.46. The monoisotopic (exact) mass is 409 g/mol. The van der Waals surface area contributed by atoms with Crippen LogP contribution in [0.5, 0.6) is 5.75 Å². The van der Waals surface area contributed by atoms with Crippen LogP contribution in [0, 0.1) is 5.92 Å². The van der Waals surface area contributed by atoms with E-state index in [2.05, 4.69) is 110 Å². The predicted octanol–water partition coefficient (Wildman–Crippen LogP) is 6.24. The first-order chi connectivity index (χ1) is 15.1. The molecule has 0 aliphatic carbocycles. The molecule has 1 spiro atoms. The highest BCUT2D eigenvalue weighted by atomic mass is 16.6. The third-order valence-corrected chi connectivity index (χ3v) is 6.95. The largest absolute Gasteiger partial charge is 0.465 e. The zero-order valence-electron chi connectivity index (χ0n) is 18.0. The van der Waals surface area contributed by atoms with E-state index in [4.69, 9.17) is 9.47 Å². The van der Waals surface area contributed by atoms with Crippen molar-refractivity contribution in [1.82, 2.24) is 0 Å². The fourth-order valence-corrected chi connectivity index (χ4v) is 5.68. The first-order valence-corrected chi connectivity index (χ1v) is 11.1. The second kappa shape index (κ2) is 6.73. The van der Waals surface area contributed by atoms with Crippen LogP contribution in [0.3, 0.4) is 0 Å². The normalized spacial score (nSPS) is 28.1. The molecule has 0 N–H and O–H groups in total. The minimum absolute atomic E-state index is 0.183. The molecule has 1 fully saturated rings. The second-order valence-electron chi connectivity index (χ2n) is 9.46. The smallest absolute Gasteiger partial charge is 0.196 e. The van der Waals surface area contributed by atoms with Crippen LogP contribution in [-0.4, -0.2) is 17.9 Å². The number of nitrogens with zero attached hydrogens (tertiary/aromatic N) is 1. The van der Waals surface area contributed by atoms with Crippen molar-refractivity contribution >= 4 is 11.4 Å². The van der Waals surface area contributed by atoms with Gasteiger partial charge in [-0.1, -0.05) is 78.9 Å². The van der Waals surface area contributed by atoms with Gasteiger partial charge in [-0.25, -0.2) is 0 Å². The van der Waals surface area contributed by atoms with Gasteiger partial charge in [0.25, 0.3) is 0 Å². The number of rotatable bonds is 2. The zero-order valence-corrected chi connectivity index (χ0v) is 18.0. The Bertz CT molecular complexity index is 1140. The molecule has 3 aromatic rings. The van der Waals surface area contributed by atoms with Crippen molar-refractivity contribution in [3.8, 4) is 5.75 Å². The number of anilines is 1. The van der Waals surface area contributed by atoms with Crippen LogP contribution in [0.4, 0.5) is 5.69 Å². The Balaban J connectivity index is 1.62. The minimum Gasteiger partial charge on any atom is -0.465 e. The maximum Gasteiger partial charge on any atom is 0.196 e. The van der Waals surface area contributed by atoms with Crippen LogP contribution >= 0.6 is 0 Å². The van der Waals surface area contributed by atoms with Crippen LogP contribution in [-0.2, 0) is 4.74 Å². The lowest BCUT2D eigenvalue weighted by atomic mass is 9.70. The molecule has 3 aromatic carbocycles. The van der Waals surface area contributed by atoms with Gasteiger partial charge in [-0.3, -0.25) is 4.90 Å². The van der Waals surface area contributed by atoms with Crippen LogP contribution in [0.15, 0.2) is 91.0 Å². The van der Waals surface area contributed by atoms with E-state index in [9.17, 15) is 0 Å². The summed E-state index contributed by atoms with van der Waals surface area (Å²) < 4.78 is 13.3. The summed E-state index contributed by atoms with van der Waals surface area (Å²) in [7, 11) is 0. The van der Waals surface area contributed by atoms with Crippen molar-refractivity contribution in [2.24, 2.45) is 5.92 Å². The Morgan fingerprint density at radius 1 is 0.839 bits per heavy atom. The molecule has 0 radical (unpaired) electrons. The fraction of sp³-hybridized carbons (Fsp3) is 0.286. The average Bonchev–Trinajstić information content (AvgIpc) is 3.11. The molecule has 3 nitrogen and oxygen atoms in total. The number of fused-ring (bicyclic) bond motifs is 2. The molecular formula is C28H27NO2. The summed E-state index contributed by atoms with van der Waals surface area (Å²) in [5.41, 5.74) is 4.14. The Hall–Kier alpha value is -3.04. The number of ether oxygens (including phenoxy) is 2. The van der Waals surface area contributed by atoms with Gasteiger partial charge < -0.3 is 9.47 Å². The first kappa shape index (κ1) is 18.7. The highest BCUT2D eigenvalue weighted by Crippen LogP contribution is 2.59. The van der Waals surface area contributed by atoms with E-state index in [-0.39, 0.29) is 17.4 Å². The number of hydrogen-bond donors (Lipinski definition) is 0. The van der Waals surface area contributed by atoms with Crippen LogP contribution in [0.2, 0.25) is 0 Å². The summed E-state index contributed by atoms with van der Waals surface area (Å²) >= 11 is 0. The summed E-state index contributed by atoms with van der Waals surface area (Å²) in [6.07, 6.45) is 3.23. The summed E-state index contributed by atoms with van der Waals surface area (Å²) in [5, 5.41) is 0. The van der Waals surface area contributed by atoms with Gasteiger partial charge in [0, 0.05) is 18.0 Å². The van der Waals surface area contributed by atoms with Crippen LogP contribution in [0.1, 0.15) is 37.3 Å². The quantitative estimate of drug-likeness (QED) is 0.500. The van der Waals surface area contributed by atoms with Crippen LogP contribution in [0.25, 0.3) is 5.70 Å². The van der Waals surface area contributed by atoms with Gasteiger partial charge >= 0.3 is 0 Å². The van der Waals surface area contributed by atoms with Gasteiger partial charge in [-0.2, -0.15) is 0 Å². The van der Waals surface area contributed by atoms with Gasteiger partial charge in [0.05, 0.1) is 23.8 Å². The molecule has 0 unspecified atom stereocenters. The average molecular weight is 410 g/mol. The molecule has 0 aromatic heterocycles. The topological polar surface area (TPSA) is 21.7 Å². The zero-order chi connectivity index (χ0) is 21.1. The van der Waals surface area contributed by atoms with E-state index < -0.39 is 5.72 Å². The highest BCUT2D eigenvalue weighted by molar-refractivity contribution is 5.87. The maximum atomic E-state index is 6.95. The molecule has 31 heavy (non-hydrogen) atoms. The van der Waals surface area contributed by atoms with Gasteiger partial charge in [0.15, 0.2) is 5.72 Å². The third-order valence-electron chi connectivity index (χ3n) is 6.95. The number of benzene rings is 3. The summed E-state index contributed by atoms with van der Waals surface area (Å²) in [5.74, 6) is 1.35. The molecule has 6 rings (SSSR count). The van der Waals surface area contributed by atoms with Crippen molar-refractivity contribution < 1.29 is 9.47 Å². The highest BCUT2D eigenvalue weighted by Gasteiger charge is 2.62. The minimum atomic E-state index is -0.480. The van der Waals surface area contributed by atoms with E-state index in [0.717, 1.165) is 17.9 Å². The fourth-order valence-electron chi connectivity index (χ4n) is 5.68. The summed E-state index contributed by atoms with van der Waals surface area (Å²) in [4.78, 5) is 2.46. The molecule has 0 amide bonds. The molecule has 3 heteroatoms. The van der Waals surface area contributed by atoms with Gasteiger partial charge in [-0.05, 0) is 37.1 Å². The maximum absolute atomic E-state index is 6.95. The molecule has 0 saturated carbocycles. The lowest BCUT2D eigenvalue weighted by Gasteiger charge is -2.56. The van der Waals surface area contributed by atoms with E-state index in [1.807, 2.05) is 0 Å².